The molecule has 0 atom stereocenters. The van der Waals surface area contributed by atoms with Gasteiger partial charge >= 0.3 is 0 Å². The molecule has 5 heteroatoms. The quantitative estimate of drug-likeness (QED) is 0.876. The number of pyridine rings is 1. The molecule has 2 rings (SSSR count). The number of nitrogen functional groups attached to an aromatic ring is 1. The first-order chi connectivity index (χ1) is 9.04. The number of anilines is 1. The van der Waals surface area contributed by atoms with Crippen LogP contribution in [0.5, 0.6) is 0 Å². The first-order valence-corrected chi connectivity index (χ1v) is 6.91. The van der Waals surface area contributed by atoms with Gasteiger partial charge in [-0.15, -0.1) is 6.58 Å². The number of nitrogens with two attached hydrogens (primary N) is 1. The lowest BCUT2D eigenvalue weighted by atomic mass is 10.2. The minimum absolute atomic E-state index is 0.302. The van der Waals surface area contributed by atoms with Gasteiger partial charge in [0.15, 0.2) is 0 Å². The van der Waals surface area contributed by atoms with Gasteiger partial charge < -0.3 is 10.3 Å². The molecule has 4 nitrogen and oxygen atoms in total. The average molecular weight is 321 g/mol. The number of rotatable bonds is 4. The zero-order valence-electron chi connectivity index (χ0n) is 11.1. The molecule has 0 aliphatic rings. The van der Waals surface area contributed by atoms with Crippen molar-refractivity contribution in [1.29, 1.82) is 0 Å². The van der Waals surface area contributed by atoms with E-state index in [0.717, 1.165) is 21.6 Å². The van der Waals surface area contributed by atoms with Crippen molar-refractivity contribution in [3.05, 3.63) is 41.4 Å². The maximum Gasteiger partial charge on any atom is 0.132 e. The molecule has 0 fully saturated rings. The molecule has 2 N–H and O–H groups in total. The molecule has 100 valence electrons. The van der Waals surface area contributed by atoms with Gasteiger partial charge in [0.05, 0.1) is 0 Å². The maximum atomic E-state index is 6.22. The Morgan fingerprint density at radius 1 is 1.47 bits per heavy atom. The minimum Gasteiger partial charge on any atom is -0.383 e. The van der Waals surface area contributed by atoms with Crippen molar-refractivity contribution < 1.29 is 0 Å². The van der Waals surface area contributed by atoms with Crippen LogP contribution in [0.2, 0.25) is 0 Å². The summed E-state index contributed by atoms with van der Waals surface area (Å²) in [6.07, 6.45) is 5.34. The Morgan fingerprint density at radius 2 is 2.21 bits per heavy atom. The third-order valence-electron chi connectivity index (χ3n) is 2.84. The number of nitrogens with zero attached hydrogens (tertiary/aromatic N) is 3. The lowest BCUT2D eigenvalue weighted by molar-refractivity contribution is 0.684. The van der Waals surface area contributed by atoms with Crippen molar-refractivity contribution >= 4 is 21.7 Å². The highest BCUT2D eigenvalue weighted by molar-refractivity contribution is 9.10. The predicted octanol–water partition coefficient (Wildman–Crippen LogP) is 3.60. The molecular formula is C14H17BrN4. The van der Waals surface area contributed by atoms with Crippen molar-refractivity contribution in [2.24, 2.45) is 0 Å². The maximum absolute atomic E-state index is 6.22. The van der Waals surface area contributed by atoms with E-state index < -0.39 is 0 Å². The van der Waals surface area contributed by atoms with E-state index >= 15 is 0 Å². The van der Waals surface area contributed by atoms with E-state index in [1.165, 1.54) is 0 Å². The topological polar surface area (TPSA) is 56.7 Å². The van der Waals surface area contributed by atoms with Crippen LogP contribution in [-0.2, 0) is 6.54 Å². The van der Waals surface area contributed by atoms with Crippen LogP contribution < -0.4 is 5.73 Å². The molecule has 0 unspecified atom stereocenters. The van der Waals surface area contributed by atoms with E-state index in [4.69, 9.17) is 5.73 Å². The molecule has 0 aliphatic carbocycles. The summed E-state index contributed by atoms with van der Waals surface area (Å²) in [7, 11) is 0. The summed E-state index contributed by atoms with van der Waals surface area (Å²) < 4.78 is 2.90. The van der Waals surface area contributed by atoms with Crippen molar-refractivity contribution in [3.8, 4) is 11.3 Å². The molecule has 0 radical (unpaired) electrons. The normalized spacial score (nSPS) is 10.9. The summed E-state index contributed by atoms with van der Waals surface area (Å²) in [5.74, 6) is 1.92. The first-order valence-electron chi connectivity index (χ1n) is 6.12. The second kappa shape index (κ2) is 5.57. The second-order valence-corrected chi connectivity index (χ2v) is 5.57. The highest BCUT2D eigenvalue weighted by Crippen LogP contribution is 2.30. The van der Waals surface area contributed by atoms with Crippen LogP contribution in [0.3, 0.4) is 0 Å². The molecule has 0 saturated heterocycles. The Balaban J connectivity index is 2.58. The zero-order chi connectivity index (χ0) is 14.0. The Morgan fingerprint density at radius 3 is 2.79 bits per heavy atom. The fourth-order valence-electron chi connectivity index (χ4n) is 2.00. The van der Waals surface area contributed by atoms with Crippen molar-refractivity contribution in [1.82, 2.24) is 14.5 Å². The van der Waals surface area contributed by atoms with E-state index in [0.29, 0.717) is 18.3 Å². The number of hydrogen-bond acceptors (Lipinski definition) is 3. The fraction of sp³-hybridized carbons (Fsp3) is 0.286. The lowest BCUT2D eigenvalue weighted by Crippen LogP contribution is -2.07. The van der Waals surface area contributed by atoms with Crippen LogP contribution in [-0.4, -0.2) is 14.5 Å². The minimum atomic E-state index is 0.302. The van der Waals surface area contributed by atoms with Crippen LogP contribution in [0.1, 0.15) is 25.6 Å². The van der Waals surface area contributed by atoms with Gasteiger partial charge in [0.1, 0.15) is 17.3 Å². The van der Waals surface area contributed by atoms with Crippen molar-refractivity contribution in [2.45, 2.75) is 26.3 Å². The average Bonchev–Trinajstić information content (AvgIpc) is 2.68. The molecular weight excluding hydrogens is 304 g/mol. The second-order valence-electron chi connectivity index (χ2n) is 4.65. The number of allylic oxidation sites excluding steroid dienone is 1. The van der Waals surface area contributed by atoms with E-state index in [1.54, 1.807) is 12.4 Å². The van der Waals surface area contributed by atoms with Crippen LogP contribution in [0.4, 0.5) is 5.82 Å². The van der Waals surface area contributed by atoms with Crippen LogP contribution in [0.25, 0.3) is 11.3 Å². The summed E-state index contributed by atoms with van der Waals surface area (Å²) in [6, 6.07) is 1.97. The Kier molecular flexibility index (Phi) is 4.04. The zero-order valence-corrected chi connectivity index (χ0v) is 12.7. The van der Waals surface area contributed by atoms with Gasteiger partial charge in [-0.05, 0) is 22.0 Å². The van der Waals surface area contributed by atoms with Crippen molar-refractivity contribution in [2.75, 3.05) is 5.73 Å². The summed E-state index contributed by atoms with van der Waals surface area (Å²) in [5.41, 5.74) is 7.91. The van der Waals surface area contributed by atoms with Gasteiger partial charge in [-0.3, -0.25) is 4.98 Å². The van der Waals surface area contributed by atoms with E-state index in [2.05, 4.69) is 46.3 Å². The molecule has 2 aromatic rings. The Hall–Kier alpha value is -1.62. The van der Waals surface area contributed by atoms with E-state index in [1.807, 2.05) is 16.7 Å². The van der Waals surface area contributed by atoms with Crippen LogP contribution >= 0.6 is 15.9 Å². The fourth-order valence-corrected chi connectivity index (χ4v) is 2.36. The van der Waals surface area contributed by atoms with Gasteiger partial charge in [0.25, 0.3) is 0 Å². The highest BCUT2D eigenvalue weighted by atomic mass is 79.9. The van der Waals surface area contributed by atoms with Gasteiger partial charge in [0, 0.05) is 34.9 Å². The molecule has 2 heterocycles. The first kappa shape index (κ1) is 13.8. The van der Waals surface area contributed by atoms with Gasteiger partial charge in [0.2, 0.25) is 0 Å². The molecule has 2 aromatic heterocycles. The Bertz CT molecular complexity index is 601. The molecule has 0 amide bonds. The van der Waals surface area contributed by atoms with Crippen molar-refractivity contribution in [3.63, 3.8) is 0 Å². The van der Waals surface area contributed by atoms with E-state index in [-0.39, 0.29) is 0 Å². The SMILES string of the molecule is C=CCn1c(C(C)C)nc(-c2cncc(Br)c2)c1N. The summed E-state index contributed by atoms with van der Waals surface area (Å²) in [5, 5.41) is 0. The largest absolute Gasteiger partial charge is 0.383 e. The summed E-state index contributed by atoms with van der Waals surface area (Å²) >= 11 is 3.41. The molecule has 0 spiro atoms. The highest BCUT2D eigenvalue weighted by Gasteiger charge is 2.17. The van der Waals surface area contributed by atoms with Gasteiger partial charge in [-0.25, -0.2) is 4.98 Å². The van der Waals surface area contributed by atoms with Crippen LogP contribution in [0, 0.1) is 0 Å². The summed E-state index contributed by atoms with van der Waals surface area (Å²) in [4.78, 5) is 8.83. The number of halogens is 1. The predicted molar refractivity (Wildman–Crippen MR) is 81.9 cm³/mol. The number of imidazole rings is 1. The summed E-state index contributed by atoms with van der Waals surface area (Å²) in [6.45, 7) is 8.63. The molecule has 19 heavy (non-hydrogen) atoms. The molecule has 0 aliphatic heterocycles. The van der Waals surface area contributed by atoms with E-state index in [9.17, 15) is 0 Å². The van der Waals surface area contributed by atoms with Crippen LogP contribution in [0.15, 0.2) is 35.6 Å². The smallest absolute Gasteiger partial charge is 0.132 e. The Labute approximate surface area is 121 Å². The standard InChI is InChI=1S/C14H17BrN4/c1-4-5-19-13(16)12(18-14(19)9(2)3)10-6-11(15)8-17-7-10/h4,6-9H,1,5,16H2,2-3H3. The van der Waals surface area contributed by atoms with Gasteiger partial charge in [-0.1, -0.05) is 19.9 Å². The molecule has 0 saturated carbocycles. The molecule has 0 bridgehead atoms. The lowest BCUT2D eigenvalue weighted by Gasteiger charge is -2.09. The molecule has 0 aromatic carbocycles. The number of hydrogen-bond donors (Lipinski definition) is 1. The third-order valence-corrected chi connectivity index (χ3v) is 3.28. The van der Waals surface area contributed by atoms with Gasteiger partial charge in [-0.2, -0.15) is 0 Å². The monoisotopic (exact) mass is 320 g/mol. The number of aromatic nitrogens is 3. The third kappa shape index (κ3) is 2.71.